The van der Waals surface area contributed by atoms with Gasteiger partial charge in [0, 0.05) is 18.3 Å². The molecule has 0 bridgehead atoms. The highest BCUT2D eigenvalue weighted by Gasteiger charge is 2.22. The second kappa shape index (κ2) is 11.1. The van der Waals surface area contributed by atoms with Gasteiger partial charge in [-0.25, -0.2) is 0 Å². The van der Waals surface area contributed by atoms with E-state index >= 15 is 0 Å². The lowest BCUT2D eigenvalue weighted by atomic mass is 10.0. The van der Waals surface area contributed by atoms with Crippen LogP contribution in [0.1, 0.15) is 39.5 Å². The summed E-state index contributed by atoms with van der Waals surface area (Å²) in [7, 11) is 1.59. The van der Waals surface area contributed by atoms with Crippen molar-refractivity contribution in [3.63, 3.8) is 0 Å². The van der Waals surface area contributed by atoms with Crippen LogP contribution < -0.4 is 10.6 Å². The molecule has 0 aliphatic carbocycles. The van der Waals surface area contributed by atoms with E-state index in [1.54, 1.807) is 31.3 Å². The quantitative estimate of drug-likeness (QED) is 0.546. The Morgan fingerprint density at radius 1 is 0.818 bits per heavy atom. The number of para-hydroxylation sites is 1. The Hall–Kier alpha value is -3.93. The normalized spacial score (nSPS) is 11.4. The number of carbonyl (C=O) groups excluding carboxylic acids is 3. The number of hydrogen-bond donors (Lipinski definition) is 2. The number of aryl methyl sites for hydroxylation is 2. The van der Waals surface area contributed by atoms with Crippen LogP contribution in [0.15, 0.2) is 78.9 Å². The minimum Gasteiger partial charge on any atom is -0.345 e. The highest BCUT2D eigenvalue weighted by atomic mass is 16.2. The zero-order chi connectivity index (χ0) is 23.8. The maximum Gasteiger partial charge on any atom is 0.251 e. The summed E-state index contributed by atoms with van der Waals surface area (Å²) in [6.07, 6.45) is 0.0375. The number of hydrogen-bond acceptors (Lipinski definition) is 3. The summed E-state index contributed by atoms with van der Waals surface area (Å²) in [6, 6.07) is 23.5. The Balaban J connectivity index is 1.67. The predicted molar refractivity (Wildman–Crippen MR) is 130 cm³/mol. The number of nitrogens with one attached hydrogen (secondary N) is 2. The first-order valence-electron chi connectivity index (χ1n) is 10.9. The van der Waals surface area contributed by atoms with Gasteiger partial charge in [0.05, 0.1) is 19.0 Å². The first kappa shape index (κ1) is 23.7. The van der Waals surface area contributed by atoms with E-state index in [1.165, 1.54) is 4.90 Å². The van der Waals surface area contributed by atoms with E-state index < -0.39 is 6.04 Å². The van der Waals surface area contributed by atoms with E-state index in [1.807, 2.05) is 68.4 Å². The fourth-order valence-electron chi connectivity index (χ4n) is 3.59. The third kappa shape index (κ3) is 6.53. The highest BCUT2D eigenvalue weighted by Crippen LogP contribution is 2.20. The molecular weight excluding hydrogens is 414 g/mol. The van der Waals surface area contributed by atoms with Gasteiger partial charge in [-0.05, 0) is 42.7 Å². The van der Waals surface area contributed by atoms with Gasteiger partial charge in [-0.3, -0.25) is 14.4 Å². The third-order valence-corrected chi connectivity index (χ3v) is 5.47. The maximum absolute atomic E-state index is 13.0. The van der Waals surface area contributed by atoms with Crippen molar-refractivity contribution in [3.05, 3.63) is 101 Å². The van der Waals surface area contributed by atoms with Crippen molar-refractivity contribution in [3.8, 4) is 0 Å². The fourth-order valence-corrected chi connectivity index (χ4v) is 3.59. The Morgan fingerprint density at radius 3 is 2.00 bits per heavy atom. The number of amides is 3. The van der Waals surface area contributed by atoms with Crippen molar-refractivity contribution < 1.29 is 14.4 Å². The average Bonchev–Trinajstić information content (AvgIpc) is 2.82. The van der Waals surface area contributed by atoms with Crippen LogP contribution in [0.3, 0.4) is 0 Å². The van der Waals surface area contributed by atoms with Crippen LogP contribution in [0.2, 0.25) is 0 Å². The van der Waals surface area contributed by atoms with Crippen molar-refractivity contribution in [2.45, 2.75) is 26.3 Å². The molecular formula is C27H29N3O3. The van der Waals surface area contributed by atoms with Gasteiger partial charge in [0.25, 0.3) is 5.91 Å². The standard InChI is InChI=1S/C27H29N3O3/c1-19-11-10-12-20(2)26(19)29-24(31)18-30(3)25(32)17-23(21-13-6-4-7-14-21)28-27(33)22-15-8-5-9-16-22/h4-16,23H,17-18H2,1-3H3,(H,28,33)(H,29,31). The second-order valence-electron chi connectivity index (χ2n) is 8.07. The van der Waals surface area contributed by atoms with E-state index in [2.05, 4.69) is 10.6 Å². The molecule has 6 heteroatoms. The molecule has 0 radical (unpaired) electrons. The fraction of sp³-hybridized carbons (Fsp3) is 0.222. The van der Waals surface area contributed by atoms with Crippen LogP contribution in [-0.4, -0.2) is 36.2 Å². The van der Waals surface area contributed by atoms with Crippen molar-refractivity contribution in [2.24, 2.45) is 0 Å². The lowest BCUT2D eigenvalue weighted by Crippen LogP contribution is -2.38. The summed E-state index contributed by atoms with van der Waals surface area (Å²) in [5.74, 6) is -0.769. The molecule has 3 rings (SSSR count). The Bertz CT molecular complexity index is 1090. The molecule has 3 aromatic carbocycles. The van der Waals surface area contributed by atoms with E-state index in [0.29, 0.717) is 5.56 Å². The number of carbonyl (C=O) groups is 3. The van der Waals surface area contributed by atoms with E-state index in [4.69, 9.17) is 0 Å². The first-order valence-corrected chi connectivity index (χ1v) is 10.9. The molecule has 1 unspecified atom stereocenters. The molecule has 1 atom stereocenters. The number of benzene rings is 3. The molecule has 6 nitrogen and oxygen atoms in total. The molecule has 0 heterocycles. The van der Waals surface area contributed by atoms with Gasteiger partial charge in [0.1, 0.15) is 0 Å². The van der Waals surface area contributed by atoms with Crippen LogP contribution in [0.25, 0.3) is 0 Å². The summed E-state index contributed by atoms with van der Waals surface area (Å²) in [6.45, 7) is 3.77. The maximum atomic E-state index is 13.0. The molecule has 3 aromatic rings. The van der Waals surface area contributed by atoms with Crippen LogP contribution in [0, 0.1) is 13.8 Å². The van der Waals surface area contributed by atoms with Crippen molar-refractivity contribution >= 4 is 23.4 Å². The minimum atomic E-state index is -0.518. The number of anilines is 1. The summed E-state index contributed by atoms with van der Waals surface area (Å²) in [5, 5.41) is 5.86. The molecule has 33 heavy (non-hydrogen) atoms. The van der Waals surface area contributed by atoms with E-state index in [0.717, 1.165) is 22.4 Å². The van der Waals surface area contributed by atoms with E-state index in [9.17, 15) is 14.4 Å². The summed E-state index contributed by atoms with van der Waals surface area (Å²) in [4.78, 5) is 39.6. The van der Waals surface area contributed by atoms with Gasteiger partial charge in [0.2, 0.25) is 11.8 Å². The molecule has 0 fully saturated rings. The average molecular weight is 444 g/mol. The smallest absolute Gasteiger partial charge is 0.251 e. The van der Waals surface area contributed by atoms with Crippen LogP contribution in [0.4, 0.5) is 5.69 Å². The monoisotopic (exact) mass is 443 g/mol. The highest BCUT2D eigenvalue weighted by molar-refractivity contribution is 5.96. The van der Waals surface area contributed by atoms with Gasteiger partial charge < -0.3 is 15.5 Å². The predicted octanol–water partition coefficient (Wildman–Crippen LogP) is 4.26. The van der Waals surface area contributed by atoms with Gasteiger partial charge in [-0.1, -0.05) is 66.7 Å². The molecule has 2 N–H and O–H groups in total. The third-order valence-electron chi connectivity index (χ3n) is 5.47. The largest absolute Gasteiger partial charge is 0.345 e. The minimum absolute atomic E-state index is 0.0375. The Kier molecular flexibility index (Phi) is 7.97. The molecule has 3 amide bonds. The van der Waals surface area contributed by atoms with E-state index in [-0.39, 0.29) is 30.7 Å². The lowest BCUT2D eigenvalue weighted by Gasteiger charge is -2.23. The summed E-state index contributed by atoms with van der Waals surface area (Å²) < 4.78 is 0. The second-order valence-corrected chi connectivity index (χ2v) is 8.07. The zero-order valence-electron chi connectivity index (χ0n) is 19.2. The molecule has 0 saturated heterocycles. The van der Waals surface area contributed by atoms with Crippen molar-refractivity contribution in [2.75, 3.05) is 18.9 Å². The Labute approximate surface area is 194 Å². The van der Waals surface area contributed by atoms with Gasteiger partial charge >= 0.3 is 0 Å². The topological polar surface area (TPSA) is 78.5 Å². The van der Waals surface area contributed by atoms with Gasteiger partial charge in [-0.15, -0.1) is 0 Å². The molecule has 0 aliphatic heterocycles. The van der Waals surface area contributed by atoms with Crippen LogP contribution in [-0.2, 0) is 9.59 Å². The zero-order valence-corrected chi connectivity index (χ0v) is 19.2. The Morgan fingerprint density at radius 2 is 1.39 bits per heavy atom. The van der Waals surface area contributed by atoms with Crippen molar-refractivity contribution in [1.29, 1.82) is 0 Å². The first-order chi connectivity index (χ1) is 15.8. The van der Waals surface area contributed by atoms with Crippen LogP contribution >= 0.6 is 0 Å². The van der Waals surface area contributed by atoms with Crippen molar-refractivity contribution in [1.82, 2.24) is 10.2 Å². The lowest BCUT2D eigenvalue weighted by molar-refractivity contribution is -0.133. The number of rotatable bonds is 8. The summed E-state index contributed by atoms with van der Waals surface area (Å²) in [5.41, 5.74) is 4.03. The molecule has 0 aromatic heterocycles. The van der Waals surface area contributed by atoms with Gasteiger partial charge in [0.15, 0.2) is 0 Å². The molecule has 0 saturated carbocycles. The number of likely N-dealkylation sites (N-methyl/N-ethyl adjacent to an activating group) is 1. The number of nitrogens with zero attached hydrogens (tertiary/aromatic N) is 1. The summed E-state index contributed by atoms with van der Waals surface area (Å²) >= 11 is 0. The SMILES string of the molecule is Cc1cccc(C)c1NC(=O)CN(C)C(=O)CC(NC(=O)c1ccccc1)c1ccccc1. The molecule has 0 spiro atoms. The van der Waals surface area contributed by atoms with Gasteiger partial charge in [-0.2, -0.15) is 0 Å². The molecule has 170 valence electrons. The molecule has 0 aliphatic rings. The van der Waals surface area contributed by atoms with Crippen LogP contribution in [0.5, 0.6) is 0 Å².